The highest BCUT2D eigenvalue weighted by atomic mass is 32.2. The predicted molar refractivity (Wildman–Crippen MR) is 113 cm³/mol. The number of nitrogens with zero attached hydrogens (tertiary/aromatic N) is 4. The van der Waals surface area contributed by atoms with Crippen molar-refractivity contribution in [1.29, 1.82) is 0 Å². The van der Waals surface area contributed by atoms with E-state index in [0.29, 0.717) is 27.4 Å². The van der Waals surface area contributed by atoms with Crippen LogP contribution in [0.25, 0.3) is 11.4 Å². The minimum absolute atomic E-state index is 0.103. The molecule has 146 valence electrons. The number of hydrogen-bond acceptors (Lipinski definition) is 6. The highest BCUT2D eigenvalue weighted by Crippen LogP contribution is 2.31. The van der Waals surface area contributed by atoms with E-state index in [9.17, 15) is 9.18 Å². The molecule has 0 aliphatic heterocycles. The maximum absolute atomic E-state index is 13.9. The third-order valence-corrected chi connectivity index (χ3v) is 5.76. The molecule has 1 N–H and O–H groups in total. The number of aromatic nitrogens is 4. The Morgan fingerprint density at radius 2 is 1.90 bits per heavy atom. The summed E-state index contributed by atoms with van der Waals surface area (Å²) in [7, 11) is 0. The number of amides is 1. The first-order valence-electron chi connectivity index (χ1n) is 8.72. The van der Waals surface area contributed by atoms with Crippen LogP contribution in [0.4, 0.5) is 15.2 Å². The third kappa shape index (κ3) is 4.36. The molecule has 0 atom stereocenters. The number of hydrogen-bond donors (Lipinski definition) is 1. The summed E-state index contributed by atoms with van der Waals surface area (Å²) in [5.41, 5.74) is 1.97. The molecule has 4 rings (SSSR count). The van der Waals surface area contributed by atoms with Crippen molar-refractivity contribution in [1.82, 2.24) is 20.2 Å². The van der Waals surface area contributed by atoms with Gasteiger partial charge in [-0.3, -0.25) is 14.8 Å². The van der Waals surface area contributed by atoms with Gasteiger partial charge in [-0.15, -0.1) is 16.4 Å². The van der Waals surface area contributed by atoms with Gasteiger partial charge in [0.25, 0.3) is 0 Å². The van der Waals surface area contributed by atoms with Crippen LogP contribution >= 0.6 is 23.1 Å². The molecule has 0 unspecified atom stereocenters. The number of thioether (sulfide) groups is 1. The normalized spacial score (nSPS) is 10.8. The van der Waals surface area contributed by atoms with E-state index in [1.807, 2.05) is 35.7 Å². The molecule has 0 radical (unpaired) electrons. The van der Waals surface area contributed by atoms with Crippen LogP contribution < -0.4 is 4.90 Å². The molecule has 0 saturated carbocycles. The zero-order valence-electron chi connectivity index (χ0n) is 15.4. The van der Waals surface area contributed by atoms with Crippen molar-refractivity contribution < 1.29 is 9.18 Å². The van der Waals surface area contributed by atoms with E-state index in [1.54, 1.807) is 23.1 Å². The number of para-hydroxylation sites is 1. The highest BCUT2D eigenvalue weighted by Gasteiger charge is 2.18. The van der Waals surface area contributed by atoms with Crippen LogP contribution in [0.5, 0.6) is 0 Å². The topological polar surface area (TPSA) is 74.8 Å². The van der Waals surface area contributed by atoms with Crippen LogP contribution in [-0.4, -0.2) is 26.1 Å². The Kier molecular flexibility index (Phi) is 5.68. The van der Waals surface area contributed by atoms with E-state index in [0.717, 1.165) is 11.4 Å². The summed E-state index contributed by atoms with van der Waals surface area (Å²) in [5.74, 6) is 0.463. The van der Waals surface area contributed by atoms with E-state index < -0.39 is 0 Å². The van der Waals surface area contributed by atoms with Gasteiger partial charge < -0.3 is 0 Å². The van der Waals surface area contributed by atoms with Crippen molar-refractivity contribution in [2.45, 2.75) is 17.8 Å². The lowest BCUT2D eigenvalue weighted by molar-refractivity contribution is -0.115. The molecule has 0 aliphatic carbocycles. The lowest BCUT2D eigenvalue weighted by atomic mass is 10.2. The Hall–Kier alpha value is -3.04. The quantitative estimate of drug-likeness (QED) is 0.438. The average Bonchev–Trinajstić information content (AvgIpc) is 3.37. The molecule has 0 aliphatic rings. The number of thiazole rings is 1. The maximum atomic E-state index is 13.9. The fourth-order valence-corrected chi connectivity index (χ4v) is 4.38. The molecule has 0 bridgehead atoms. The SMILES string of the molecule is CC(=O)N(c1ccccc1)c1nc(CSc2n[nH]c(-c3ccccc3F)n2)cs1. The summed E-state index contributed by atoms with van der Waals surface area (Å²) in [4.78, 5) is 22.6. The van der Waals surface area contributed by atoms with Gasteiger partial charge in [0.1, 0.15) is 5.82 Å². The Morgan fingerprint density at radius 1 is 1.14 bits per heavy atom. The van der Waals surface area contributed by atoms with E-state index >= 15 is 0 Å². The van der Waals surface area contributed by atoms with Gasteiger partial charge in [-0.25, -0.2) is 14.4 Å². The molecular formula is C20H16FN5OS2. The predicted octanol–water partition coefficient (Wildman–Crippen LogP) is 5.04. The van der Waals surface area contributed by atoms with Gasteiger partial charge in [0, 0.05) is 18.1 Å². The van der Waals surface area contributed by atoms with Crippen molar-refractivity contribution >= 4 is 39.8 Å². The number of nitrogens with one attached hydrogen (secondary N) is 1. The minimum Gasteiger partial charge on any atom is -0.274 e. The van der Waals surface area contributed by atoms with Gasteiger partial charge in [-0.05, 0) is 24.3 Å². The molecule has 2 heterocycles. The number of carbonyl (C=O) groups excluding carboxylic acids is 1. The van der Waals surface area contributed by atoms with Crippen molar-refractivity contribution in [2.75, 3.05) is 4.90 Å². The summed E-state index contributed by atoms with van der Waals surface area (Å²) in [6, 6.07) is 15.8. The molecule has 6 nitrogen and oxygen atoms in total. The van der Waals surface area contributed by atoms with Crippen LogP contribution in [-0.2, 0) is 10.5 Å². The van der Waals surface area contributed by atoms with Gasteiger partial charge in [0.2, 0.25) is 11.1 Å². The van der Waals surface area contributed by atoms with Crippen molar-refractivity contribution in [3.05, 3.63) is 71.5 Å². The average molecular weight is 426 g/mol. The van der Waals surface area contributed by atoms with Crippen molar-refractivity contribution in [2.24, 2.45) is 0 Å². The Morgan fingerprint density at radius 3 is 2.66 bits per heavy atom. The van der Waals surface area contributed by atoms with E-state index in [1.165, 1.54) is 36.1 Å². The van der Waals surface area contributed by atoms with Gasteiger partial charge >= 0.3 is 0 Å². The van der Waals surface area contributed by atoms with Crippen LogP contribution in [0.3, 0.4) is 0 Å². The molecule has 1 amide bonds. The molecule has 4 aromatic rings. The van der Waals surface area contributed by atoms with Gasteiger partial charge in [0.05, 0.1) is 16.9 Å². The molecule has 2 aromatic carbocycles. The fraction of sp³-hybridized carbons (Fsp3) is 0.100. The second-order valence-electron chi connectivity index (χ2n) is 6.05. The summed E-state index contributed by atoms with van der Waals surface area (Å²) in [5, 5.41) is 9.93. The minimum atomic E-state index is -0.352. The number of carbonyl (C=O) groups is 1. The first-order valence-corrected chi connectivity index (χ1v) is 10.6. The smallest absolute Gasteiger partial charge is 0.230 e. The Bertz CT molecular complexity index is 1130. The molecule has 29 heavy (non-hydrogen) atoms. The van der Waals surface area contributed by atoms with E-state index in [-0.39, 0.29) is 11.7 Å². The molecule has 9 heteroatoms. The maximum Gasteiger partial charge on any atom is 0.230 e. The zero-order chi connectivity index (χ0) is 20.2. The van der Waals surface area contributed by atoms with Crippen LogP contribution in [0.1, 0.15) is 12.6 Å². The third-order valence-electron chi connectivity index (χ3n) is 4.00. The molecule has 2 aromatic heterocycles. The van der Waals surface area contributed by atoms with E-state index in [4.69, 9.17) is 0 Å². The summed E-state index contributed by atoms with van der Waals surface area (Å²) < 4.78 is 13.9. The van der Waals surface area contributed by atoms with Crippen LogP contribution in [0, 0.1) is 5.82 Å². The van der Waals surface area contributed by atoms with E-state index in [2.05, 4.69) is 20.2 Å². The number of anilines is 2. The van der Waals surface area contributed by atoms with Gasteiger partial charge in [-0.1, -0.05) is 42.1 Å². The fourth-order valence-electron chi connectivity index (χ4n) is 2.69. The summed E-state index contributed by atoms with van der Waals surface area (Å²) >= 11 is 2.79. The lowest BCUT2D eigenvalue weighted by Gasteiger charge is -2.17. The largest absolute Gasteiger partial charge is 0.274 e. The Labute approximate surface area is 174 Å². The first-order chi connectivity index (χ1) is 14.1. The summed E-state index contributed by atoms with van der Waals surface area (Å²) in [6.07, 6.45) is 0. The van der Waals surface area contributed by atoms with Crippen molar-refractivity contribution in [3.8, 4) is 11.4 Å². The standard InChI is InChI=1S/C20H16FN5OS2/c1-13(27)26(15-7-3-2-4-8-15)20-22-14(12-29-20)11-28-19-23-18(24-25-19)16-9-5-6-10-17(16)21/h2-10,12H,11H2,1H3,(H,23,24,25). The first kappa shape index (κ1) is 19.3. The monoisotopic (exact) mass is 425 g/mol. The number of H-pyrrole nitrogens is 1. The highest BCUT2D eigenvalue weighted by molar-refractivity contribution is 7.98. The van der Waals surface area contributed by atoms with Crippen molar-refractivity contribution in [3.63, 3.8) is 0 Å². The van der Waals surface area contributed by atoms with Crippen LogP contribution in [0.2, 0.25) is 0 Å². The second kappa shape index (κ2) is 8.54. The lowest BCUT2D eigenvalue weighted by Crippen LogP contribution is -2.22. The number of aromatic amines is 1. The van der Waals surface area contributed by atoms with Gasteiger partial charge in [0.15, 0.2) is 11.0 Å². The summed E-state index contributed by atoms with van der Waals surface area (Å²) in [6.45, 7) is 1.51. The molecule has 0 saturated heterocycles. The Balaban J connectivity index is 1.46. The number of halogens is 1. The zero-order valence-corrected chi connectivity index (χ0v) is 17.0. The van der Waals surface area contributed by atoms with Crippen LogP contribution in [0.15, 0.2) is 65.1 Å². The number of benzene rings is 2. The molecule has 0 spiro atoms. The van der Waals surface area contributed by atoms with Gasteiger partial charge in [-0.2, -0.15) is 0 Å². The molecule has 0 fully saturated rings. The molecular weight excluding hydrogens is 409 g/mol. The number of rotatable bonds is 6. The second-order valence-corrected chi connectivity index (χ2v) is 7.83.